The molecule has 2 aromatic rings. The molecular weight excluding hydrogens is 278 g/mol. The number of nitrogens with two attached hydrogens (primary N) is 1. The number of anilines is 1. The predicted octanol–water partition coefficient (Wildman–Crippen LogP) is 2.80. The van der Waals surface area contributed by atoms with Crippen LogP contribution in [0.3, 0.4) is 0 Å². The zero-order valence-corrected chi connectivity index (χ0v) is 12.1. The fourth-order valence-corrected chi connectivity index (χ4v) is 1.96. The second-order valence-corrected chi connectivity index (χ2v) is 4.80. The number of carbonyl (C=O) groups excluding carboxylic acids is 1. The van der Waals surface area contributed by atoms with Crippen LogP contribution < -0.4 is 5.73 Å². The highest BCUT2D eigenvalue weighted by atomic mass is 35.5. The van der Waals surface area contributed by atoms with E-state index in [9.17, 15) is 4.79 Å². The average molecular weight is 294 g/mol. The van der Waals surface area contributed by atoms with Crippen molar-refractivity contribution in [3.63, 3.8) is 0 Å². The number of halogens is 1. The molecule has 0 unspecified atom stereocenters. The van der Waals surface area contributed by atoms with Gasteiger partial charge in [-0.3, -0.25) is 4.68 Å². The fraction of sp³-hybridized carbons (Fsp3) is 0.286. The molecule has 20 heavy (non-hydrogen) atoms. The van der Waals surface area contributed by atoms with Gasteiger partial charge in [-0.2, -0.15) is 5.10 Å². The molecule has 2 N–H and O–H groups in total. The number of ether oxygens (including phenoxy) is 1. The molecule has 2 rings (SSSR count). The first-order valence-electron chi connectivity index (χ1n) is 6.27. The molecule has 0 bridgehead atoms. The molecule has 0 spiro atoms. The normalized spacial score (nSPS) is 10.6. The van der Waals surface area contributed by atoms with Crippen molar-refractivity contribution >= 4 is 23.3 Å². The minimum absolute atomic E-state index is 0.170. The maximum atomic E-state index is 12.1. The molecule has 0 aliphatic carbocycles. The van der Waals surface area contributed by atoms with Gasteiger partial charge >= 0.3 is 5.97 Å². The topological polar surface area (TPSA) is 70.1 Å². The third kappa shape index (κ3) is 2.93. The van der Waals surface area contributed by atoms with E-state index in [-0.39, 0.29) is 6.61 Å². The molecule has 0 amide bonds. The molecule has 5 nitrogen and oxygen atoms in total. The summed E-state index contributed by atoms with van der Waals surface area (Å²) in [6.07, 6.45) is 0. The van der Waals surface area contributed by atoms with Crippen LogP contribution in [-0.2, 0) is 17.9 Å². The number of rotatable bonds is 4. The maximum absolute atomic E-state index is 12.1. The lowest BCUT2D eigenvalue weighted by atomic mass is 10.2. The molecule has 0 radical (unpaired) electrons. The lowest BCUT2D eigenvalue weighted by Gasteiger charge is -2.07. The zero-order chi connectivity index (χ0) is 14.7. The van der Waals surface area contributed by atoms with Gasteiger partial charge in [0.15, 0.2) is 5.69 Å². The highest BCUT2D eigenvalue weighted by molar-refractivity contribution is 6.30. The van der Waals surface area contributed by atoms with E-state index < -0.39 is 5.97 Å². The number of benzene rings is 1. The van der Waals surface area contributed by atoms with Crippen LogP contribution in [0.25, 0.3) is 0 Å². The molecule has 0 aliphatic heterocycles. The highest BCUT2D eigenvalue weighted by Gasteiger charge is 2.20. The largest absolute Gasteiger partial charge is 0.456 e. The Balaban J connectivity index is 2.11. The molecule has 0 aliphatic rings. The number of hydrogen-bond donors (Lipinski definition) is 1. The Kier molecular flexibility index (Phi) is 4.29. The van der Waals surface area contributed by atoms with E-state index in [1.54, 1.807) is 35.9 Å². The standard InChI is InChI=1S/C14H16ClN3O2/c1-3-18-13(12(16)9(2)17-18)14(19)20-8-10-4-6-11(15)7-5-10/h4-7H,3,8,16H2,1-2H3. The molecular formula is C14H16ClN3O2. The lowest BCUT2D eigenvalue weighted by Crippen LogP contribution is -2.14. The van der Waals surface area contributed by atoms with Gasteiger partial charge in [-0.05, 0) is 31.5 Å². The van der Waals surface area contributed by atoms with Crippen LogP contribution in [0.5, 0.6) is 0 Å². The van der Waals surface area contributed by atoms with E-state index in [2.05, 4.69) is 5.10 Å². The third-order valence-electron chi connectivity index (χ3n) is 2.95. The van der Waals surface area contributed by atoms with Crippen molar-refractivity contribution < 1.29 is 9.53 Å². The van der Waals surface area contributed by atoms with Gasteiger partial charge in [-0.1, -0.05) is 23.7 Å². The molecule has 6 heteroatoms. The molecule has 1 aromatic carbocycles. The van der Waals surface area contributed by atoms with E-state index in [0.29, 0.717) is 28.6 Å². The lowest BCUT2D eigenvalue weighted by molar-refractivity contribution is 0.0459. The minimum atomic E-state index is -0.472. The van der Waals surface area contributed by atoms with E-state index in [1.807, 2.05) is 6.92 Å². The summed E-state index contributed by atoms with van der Waals surface area (Å²) in [5.41, 5.74) is 8.03. The zero-order valence-electron chi connectivity index (χ0n) is 11.4. The van der Waals surface area contributed by atoms with Crippen LogP contribution in [0.1, 0.15) is 28.7 Å². The van der Waals surface area contributed by atoms with Gasteiger partial charge in [-0.15, -0.1) is 0 Å². The SMILES string of the molecule is CCn1nc(C)c(N)c1C(=O)OCc1ccc(Cl)cc1. The Morgan fingerprint density at radius 3 is 2.65 bits per heavy atom. The monoisotopic (exact) mass is 293 g/mol. The summed E-state index contributed by atoms with van der Waals surface area (Å²) in [6, 6.07) is 7.11. The quantitative estimate of drug-likeness (QED) is 0.880. The predicted molar refractivity (Wildman–Crippen MR) is 77.6 cm³/mol. The van der Waals surface area contributed by atoms with Crippen molar-refractivity contribution in [1.82, 2.24) is 9.78 Å². The summed E-state index contributed by atoms with van der Waals surface area (Å²) in [6.45, 7) is 4.38. The summed E-state index contributed by atoms with van der Waals surface area (Å²) in [7, 11) is 0. The third-order valence-corrected chi connectivity index (χ3v) is 3.20. The Bertz CT molecular complexity index is 620. The maximum Gasteiger partial charge on any atom is 0.359 e. The van der Waals surface area contributed by atoms with Gasteiger partial charge in [0.1, 0.15) is 6.61 Å². The highest BCUT2D eigenvalue weighted by Crippen LogP contribution is 2.18. The van der Waals surface area contributed by atoms with Crippen molar-refractivity contribution in [2.24, 2.45) is 0 Å². The van der Waals surface area contributed by atoms with Gasteiger partial charge in [0.2, 0.25) is 0 Å². The average Bonchev–Trinajstić information content (AvgIpc) is 2.73. The molecule has 0 fully saturated rings. The van der Waals surface area contributed by atoms with Crippen LogP contribution in [-0.4, -0.2) is 15.7 Å². The van der Waals surface area contributed by atoms with E-state index in [0.717, 1.165) is 5.56 Å². The summed E-state index contributed by atoms with van der Waals surface area (Å²) in [4.78, 5) is 12.1. The number of carbonyl (C=O) groups is 1. The van der Waals surface area contributed by atoms with Crippen LogP contribution >= 0.6 is 11.6 Å². The second-order valence-electron chi connectivity index (χ2n) is 4.37. The van der Waals surface area contributed by atoms with Crippen molar-refractivity contribution in [3.05, 3.63) is 46.2 Å². The van der Waals surface area contributed by atoms with E-state index in [1.165, 1.54) is 0 Å². The van der Waals surface area contributed by atoms with Gasteiger partial charge < -0.3 is 10.5 Å². The first kappa shape index (κ1) is 14.4. The van der Waals surface area contributed by atoms with Crippen LogP contribution in [0.15, 0.2) is 24.3 Å². The molecule has 1 aromatic heterocycles. The summed E-state index contributed by atoms with van der Waals surface area (Å²) in [5, 5.41) is 4.83. The minimum Gasteiger partial charge on any atom is -0.456 e. The summed E-state index contributed by atoms with van der Waals surface area (Å²) in [5.74, 6) is -0.472. The smallest absolute Gasteiger partial charge is 0.359 e. The number of aromatic nitrogens is 2. The first-order valence-corrected chi connectivity index (χ1v) is 6.65. The summed E-state index contributed by atoms with van der Waals surface area (Å²) >= 11 is 5.80. The van der Waals surface area contributed by atoms with Gasteiger partial charge in [0.25, 0.3) is 0 Å². The van der Waals surface area contributed by atoms with Crippen LogP contribution in [0, 0.1) is 6.92 Å². The Labute approximate surface area is 122 Å². The number of esters is 1. The Morgan fingerprint density at radius 2 is 2.05 bits per heavy atom. The van der Waals surface area contributed by atoms with E-state index >= 15 is 0 Å². The van der Waals surface area contributed by atoms with E-state index in [4.69, 9.17) is 22.1 Å². The Morgan fingerprint density at radius 1 is 1.40 bits per heavy atom. The Hall–Kier alpha value is -2.01. The van der Waals surface area contributed by atoms with Crippen LogP contribution in [0.4, 0.5) is 5.69 Å². The molecule has 1 heterocycles. The van der Waals surface area contributed by atoms with Crippen molar-refractivity contribution in [2.75, 3.05) is 5.73 Å². The van der Waals surface area contributed by atoms with Gasteiger partial charge in [-0.25, -0.2) is 4.79 Å². The molecule has 106 valence electrons. The van der Waals surface area contributed by atoms with Gasteiger partial charge in [0.05, 0.1) is 11.4 Å². The number of aryl methyl sites for hydroxylation is 2. The molecule has 0 saturated carbocycles. The van der Waals surface area contributed by atoms with Gasteiger partial charge in [0, 0.05) is 11.6 Å². The fourth-order valence-electron chi connectivity index (χ4n) is 1.84. The summed E-state index contributed by atoms with van der Waals surface area (Å²) < 4.78 is 6.82. The number of hydrogen-bond acceptors (Lipinski definition) is 4. The van der Waals surface area contributed by atoms with Crippen molar-refractivity contribution in [3.8, 4) is 0 Å². The molecule has 0 saturated heterocycles. The number of nitrogens with zero attached hydrogens (tertiary/aromatic N) is 2. The van der Waals surface area contributed by atoms with Crippen LogP contribution in [0.2, 0.25) is 5.02 Å². The van der Waals surface area contributed by atoms with Crippen molar-refractivity contribution in [2.45, 2.75) is 27.0 Å². The van der Waals surface area contributed by atoms with Crippen molar-refractivity contribution in [1.29, 1.82) is 0 Å². The first-order chi connectivity index (χ1) is 9.52. The molecule has 0 atom stereocenters. The second kappa shape index (κ2) is 5.96. The number of nitrogen functional groups attached to an aromatic ring is 1.